The molecule has 2 N–H and O–H groups in total. The lowest BCUT2D eigenvalue weighted by Crippen LogP contribution is -2.43. The smallest absolute Gasteiger partial charge is 0.239 e. The molecule has 0 bridgehead atoms. The molecule has 4 rings (SSSR count). The van der Waals surface area contributed by atoms with E-state index in [-0.39, 0.29) is 30.2 Å². The number of hydrogen-bond acceptors (Lipinski definition) is 4. The third kappa shape index (κ3) is 4.75. The molecule has 0 spiro atoms. The third-order valence-electron chi connectivity index (χ3n) is 5.99. The Morgan fingerprint density at radius 1 is 0.867 bits per heavy atom. The first-order chi connectivity index (χ1) is 14.6. The monoisotopic (exact) mass is 408 g/mol. The van der Waals surface area contributed by atoms with Crippen molar-refractivity contribution < 1.29 is 19.1 Å². The van der Waals surface area contributed by atoms with Crippen molar-refractivity contribution in [1.82, 2.24) is 10.6 Å². The highest BCUT2D eigenvalue weighted by Crippen LogP contribution is 2.43. The van der Waals surface area contributed by atoms with Crippen LogP contribution in [0.5, 0.6) is 11.5 Å². The second-order valence-electron chi connectivity index (χ2n) is 8.06. The maximum Gasteiger partial charge on any atom is 0.239 e. The fraction of sp³-hybridized carbons (Fsp3) is 0.417. The molecule has 1 aliphatic heterocycles. The minimum absolute atomic E-state index is 0.0110. The summed E-state index contributed by atoms with van der Waals surface area (Å²) in [6.45, 7) is 1.68. The van der Waals surface area contributed by atoms with Crippen LogP contribution in [0.2, 0.25) is 0 Å². The number of rotatable bonds is 7. The van der Waals surface area contributed by atoms with Gasteiger partial charge in [-0.3, -0.25) is 9.59 Å². The van der Waals surface area contributed by atoms with Crippen LogP contribution in [-0.2, 0) is 21.4 Å². The largest absolute Gasteiger partial charge is 0.486 e. The fourth-order valence-corrected chi connectivity index (χ4v) is 4.35. The highest BCUT2D eigenvalue weighted by atomic mass is 16.6. The molecule has 2 aromatic carbocycles. The van der Waals surface area contributed by atoms with Gasteiger partial charge in [0.15, 0.2) is 11.5 Å². The number of hydrogen-bond donors (Lipinski definition) is 2. The van der Waals surface area contributed by atoms with Crippen LogP contribution >= 0.6 is 0 Å². The summed E-state index contributed by atoms with van der Waals surface area (Å²) >= 11 is 0. The summed E-state index contributed by atoms with van der Waals surface area (Å²) in [6.07, 6.45) is 4.59. The second-order valence-corrected chi connectivity index (χ2v) is 8.06. The van der Waals surface area contributed by atoms with Crippen molar-refractivity contribution in [2.45, 2.75) is 37.5 Å². The first-order valence-corrected chi connectivity index (χ1v) is 10.6. The molecular weight excluding hydrogens is 380 g/mol. The Morgan fingerprint density at radius 2 is 1.60 bits per heavy atom. The molecule has 2 aromatic rings. The zero-order valence-electron chi connectivity index (χ0n) is 17.1. The molecule has 2 aliphatic rings. The van der Waals surface area contributed by atoms with Gasteiger partial charge < -0.3 is 20.1 Å². The lowest BCUT2D eigenvalue weighted by Gasteiger charge is -2.31. The van der Waals surface area contributed by atoms with Gasteiger partial charge in [0.05, 0.1) is 13.0 Å². The summed E-state index contributed by atoms with van der Waals surface area (Å²) in [5.74, 6) is 1.24. The highest BCUT2D eigenvalue weighted by Gasteiger charge is 2.36. The Balaban J connectivity index is 1.32. The minimum atomic E-state index is -0.166. The lowest BCUT2D eigenvalue weighted by atomic mass is 9.78. The van der Waals surface area contributed by atoms with Crippen molar-refractivity contribution in [3.8, 4) is 11.5 Å². The topological polar surface area (TPSA) is 76.7 Å². The number of fused-ring (bicyclic) bond motifs is 1. The van der Waals surface area contributed by atoms with Crippen molar-refractivity contribution in [3.63, 3.8) is 0 Å². The second kappa shape index (κ2) is 9.20. The summed E-state index contributed by atoms with van der Waals surface area (Å²) in [7, 11) is 0. The predicted molar refractivity (Wildman–Crippen MR) is 114 cm³/mol. The summed E-state index contributed by atoms with van der Waals surface area (Å²) in [6, 6.07) is 15.6. The molecule has 6 nitrogen and oxygen atoms in total. The average Bonchev–Trinajstić information content (AvgIpc) is 3.27. The molecule has 1 fully saturated rings. The molecule has 0 radical (unpaired) electrons. The van der Waals surface area contributed by atoms with E-state index in [1.165, 1.54) is 5.56 Å². The normalized spacial score (nSPS) is 16.7. The first-order valence-electron chi connectivity index (χ1n) is 10.6. The maximum absolute atomic E-state index is 12.4. The van der Waals surface area contributed by atoms with Crippen LogP contribution in [0.1, 0.15) is 36.8 Å². The quantitative estimate of drug-likeness (QED) is 0.739. The van der Waals surface area contributed by atoms with Crippen molar-refractivity contribution in [2.24, 2.45) is 0 Å². The molecule has 1 aliphatic carbocycles. The van der Waals surface area contributed by atoms with Gasteiger partial charge >= 0.3 is 0 Å². The molecule has 1 saturated carbocycles. The Kier molecular flexibility index (Phi) is 6.21. The van der Waals surface area contributed by atoms with Crippen LogP contribution in [-0.4, -0.2) is 38.1 Å². The van der Waals surface area contributed by atoms with Gasteiger partial charge in [0.25, 0.3) is 0 Å². The van der Waals surface area contributed by atoms with E-state index in [1.807, 2.05) is 36.4 Å². The van der Waals surface area contributed by atoms with Crippen LogP contribution < -0.4 is 20.1 Å². The van der Waals surface area contributed by atoms with E-state index in [2.05, 4.69) is 22.8 Å². The SMILES string of the molecule is O=C(CNC(=O)Cc1ccccc1)NCC1(c2ccc3c(c2)OCCO3)CCCC1. The fourth-order valence-electron chi connectivity index (χ4n) is 4.35. The molecular formula is C24H28N2O4. The van der Waals surface area contributed by atoms with Gasteiger partial charge in [0.2, 0.25) is 11.8 Å². The lowest BCUT2D eigenvalue weighted by molar-refractivity contribution is -0.125. The van der Waals surface area contributed by atoms with Gasteiger partial charge in [-0.05, 0) is 36.1 Å². The van der Waals surface area contributed by atoms with E-state index in [0.29, 0.717) is 19.8 Å². The molecule has 0 unspecified atom stereocenters. The van der Waals surface area contributed by atoms with Crippen molar-refractivity contribution in [3.05, 3.63) is 59.7 Å². The zero-order valence-corrected chi connectivity index (χ0v) is 17.1. The van der Waals surface area contributed by atoms with Gasteiger partial charge in [-0.1, -0.05) is 49.2 Å². The number of carbonyl (C=O) groups is 2. The van der Waals surface area contributed by atoms with E-state index < -0.39 is 0 Å². The number of carbonyl (C=O) groups excluding carboxylic acids is 2. The molecule has 158 valence electrons. The molecule has 0 atom stereocenters. The number of nitrogens with one attached hydrogen (secondary N) is 2. The van der Waals surface area contributed by atoms with Crippen molar-refractivity contribution in [2.75, 3.05) is 26.3 Å². The van der Waals surface area contributed by atoms with E-state index in [1.54, 1.807) is 0 Å². The predicted octanol–water partition coefficient (Wildman–Crippen LogP) is 2.74. The molecule has 0 saturated heterocycles. The third-order valence-corrected chi connectivity index (χ3v) is 5.99. The molecule has 6 heteroatoms. The van der Waals surface area contributed by atoms with Crippen LogP contribution in [0.15, 0.2) is 48.5 Å². The maximum atomic E-state index is 12.4. The van der Waals surface area contributed by atoms with Crippen molar-refractivity contribution in [1.29, 1.82) is 0 Å². The van der Waals surface area contributed by atoms with Gasteiger partial charge in [0.1, 0.15) is 13.2 Å². The minimum Gasteiger partial charge on any atom is -0.486 e. The standard InChI is InChI=1S/C24H28N2O4/c27-22(14-18-6-2-1-3-7-18)25-16-23(28)26-17-24(10-4-5-11-24)19-8-9-20-21(15-19)30-13-12-29-20/h1-3,6-9,15H,4-5,10-14,16-17H2,(H,25,27)(H,26,28). The number of ether oxygens (including phenoxy) is 2. The zero-order chi connectivity index (χ0) is 20.8. The molecule has 30 heavy (non-hydrogen) atoms. The summed E-state index contributed by atoms with van der Waals surface area (Å²) in [5, 5.41) is 5.75. The Labute approximate surface area is 177 Å². The average molecular weight is 408 g/mol. The van der Waals surface area contributed by atoms with Gasteiger partial charge in [0, 0.05) is 12.0 Å². The van der Waals surface area contributed by atoms with Gasteiger partial charge in [-0.15, -0.1) is 0 Å². The number of amides is 2. The summed E-state index contributed by atoms with van der Waals surface area (Å²) in [4.78, 5) is 24.5. The van der Waals surface area contributed by atoms with Gasteiger partial charge in [-0.25, -0.2) is 0 Å². The van der Waals surface area contributed by atoms with Crippen LogP contribution in [0, 0.1) is 0 Å². The van der Waals surface area contributed by atoms with Crippen molar-refractivity contribution >= 4 is 11.8 Å². The summed E-state index contributed by atoms with van der Waals surface area (Å²) in [5.41, 5.74) is 2.01. The Morgan fingerprint density at radius 3 is 2.37 bits per heavy atom. The summed E-state index contributed by atoms with van der Waals surface area (Å²) < 4.78 is 11.4. The van der Waals surface area contributed by atoms with Gasteiger partial charge in [-0.2, -0.15) is 0 Å². The Hall–Kier alpha value is -3.02. The van der Waals surface area contributed by atoms with E-state index in [4.69, 9.17) is 9.47 Å². The van der Waals surface area contributed by atoms with E-state index in [0.717, 1.165) is 42.7 Å². The van der Waals surface area contributed by atoms with E-state index >= 15 is 0 Å². The first kappa shape index (κ1) is 20.3. The molecule has 2 amide bonds. The van der Waals surface area contributed by atoms with Crippen LogP contribution in [0.4, 0.5) is 0 Å². The molecule has 0 aromatic heterocycles. The highest BCUT2D eigenvalue weighted by molar-refractivity contribution is 5.85. The van der Waals surface area contributed by atoms with Crippen LogP contribution in [0.25, 0.3) is 0 Å². The van der Waals surface area contributed by atoms with Crippen LogP contribution in [0.3, 0.4) is 0 Å². The molecule has 1 heterocycles. The van der Waals surface area contributed by atoms with E-state index in [9.17, 15) is 9.59 Å². The number of benzene rings is 2. The Bertz CT molecular complexity index is 891.